The molecular formula is C14H20F3N3O2. The SMILES string of the molecule is CC(C)(C)OC(=O)NCCCNc1cc(C(F)(F)F)ccn1. The number of ether oxygens (including phenoxy) is 1. The Hall–Kier alpha value is -1.99. The Labute approximate surface area is 127 Å². The van der Waals surface area contributed by atoms with Crippen molar-refractivity contribution in [2.45, 2.75) is 39.0 Å². The van der Waals surface area contributed by atoms with Crippen molar-refractivity contribution in [2.75, 3.05) is 18.4 Å². The molecule has 22 heavy (non-hydrogen) atoms. The van der Waals surface area contributed by atoms with Crippen molar-refractivity contribution in [1.82, 2.24) is 10.3 Å². The maximum Gasteiger partial charge on any atom is 0.416 e. The zero-order valence-corrected chi connectivity index (χ0v) is 12.8. The third-order valence-electron chi connectivity index (χ3n) is 2.42. The summed E-state index contributed by atoms with van der Waals surface area (Å²) in [7, 11) is 0. The van der Waals surface area contributed by atoms with Gasteiger partial charge in [-0.2, -0.15) is 13.2 Å². The molecule has 5 nitrogen and oxygen atoms in total. The lowest BCUT2D eigenvalue weighted by atomic mass is 10.2. The van der Waals surface area contributed by atoms with Crippen molar-refractivity contribution < 1.29 is 22.7 Å². The second-order valence-electron chi connectivity index (χ2n) is 5.64. The van der Waals surface area contributed by atoms with E-state index in [1.54, 1.807) is 20.8 Å². The lowest BCUT2D eigenvalue weighted by molar-refractivity contribution is -0.137. The molecule has 0 saturated carbocycles. The van der Waals surface area contributed by atoms with E-state index < -0.39 is 23.4 Å². The first kappa shape index (κ1) is 18.1. The van der Waals surface area contributed by atoms with Gasteiger partial charge in [-0.3, -0.25) is 0 Å². The molecular weight excluding hydrogens is 299 g/mol. The average molecular weight is 319 g/mol. The number of aromatic nitrogens is 1. The van der Waals surface area contributed by atoms with Gasteiger partial charge in [0.25, 0.3) is 0 Å². The van der Waals surface area contributed by atoms with Crippen molar-refractivity contribution in [3.8, 4) is 0 Å². The monoisotopic (exact) mass is 319 g/mol. The lowest BCUT2D eigenvalue weighted by Crippen LogP contribution is -2.33. The number of carbonyl (C=O) groups excluding carboxylic acids is 1. The van der Waals surface area contributed by atoms with Gasteiger partial charge >= 0.3 is 12.3 Å². The summed E-state index contributed by atoms with van der Waals surface area (Å²) in [5.74, 6) is 0.145. The molecule has 1 heterocycles. The Morgan fingerprint density at radius 1 is 1.27 bits per heavy atom. The minimum absolute atomic E-state index is 0.145. The number of hydrogen-bond donors (Lipinski definition) is 2. The fourth-order valence-corrected chi connectivity index (χ4v) is 1.51. The molecule has 1 aromatic heterocycles. The Bertz CT molecular complexity index is 499. The van der Waals surface area contributed by atoms with E-state index in [1.807, 2.05) is 0 Å². The summed E-state index contributed by atoms with van der Waals surface area (Å²) in [6.07, 6.45) is -3.29. The van der Waals surface area contributed by atoms with Crippen LogP contribution in [0.15, 0.2) is 18.3 Å². The molecule has 0 saturated heterocycles. The molecule has 8 heteroatoms. The summed E-state index contributed by atoms with van der Waals surface area (Å²) < 4.78 is 42.6. The molecule has 0 atom stereocenters. The fraction of sp³-hybridized carbons (Fsp3) is 0.571. The molecule has 124 valence electrons. The van der Waals surface area contributed by atoms with Crippen molar-refractivity contribution >= 4 is 11.9 Å². The molecule has 0 fully saturated rings. The normalized spacial score (nSPS) is 11.9. The molecule has 0 radical (unpaired) electrons. The lowest BCUT2D eigenvalue weighted by Gasteiger charge is -2.19. The molecule has 1 rings (SSSR count). The van der Waals surface area contributed by atoms with Gasteiger partial charge in [0, 0.05) is 19.3 Å². The van der Waals surface area contributed by atoms with Crippen LogP contribution >= 0.6 is 0 Å². The minimum Gasteiger partial charge on any atom is -0.444 e. The van der Waals surface area contributed by atoms with Crippen molar-refractivity contribution in [1.29, 1.82) is 0 Å². The zero-order valence-electron chi connectivity index (χ0n) is 12.8. The van der Waals surface area contributed by atoms with E-state index in [4.69, 9.17) is 4.74 Å². The standard InChI is InChI=1S/C14H20F3N3O2/c1-13(2,3)22-12(21)20-7-4-6-18-11-9-10(5-8-19-11)14(15,16)17/h5,8-9H,4,6-7H2,1-3H3,(H,18,19)(H,20,21). The first-order valence-electron chi connectivity index (χ1n) is 6.82. The summed E-state index contributed by atoms with van der Waals surface area (Å²) in [6.45, 7) is 6.00. The Balaban J connectivity index is 2.30. The summed E-state index contributed by atoms with van der Waals surface area (Å²) in [6, 6.07) is 1.86. The number of nitrogens with one attached hydrogen (secondary N) is 2. The van der Waals surface area contributed by atoms with Gasteiger partial charge in [-0.05, 0) is 39.3 Å². The second kappa shape index (κ2) is 7.33. The van der Waals surface area contributed by atoms with Crippen LogP contribution in [0.25, 0.3) is 0 Å². The van der Waals surface area contributed by atoms with E-state index in [1.165, 1.54) is 0 Å². The van der Waals surface area contributed by atoms with Gasteiger partial charge in [-0.1, -0.05) is 0 Å². The van der Waals surface area contributed by atoms with Gasteiger partial charge in [0.05, 0.1) is 5.56 Å². The van der Waals surface area contributed by atoms with E-state index in [0.29, 0.717) is 19.5 Å². The van der Waals surface area contributed by atoms with Crippen LogP contribution in [-0.2, 0) is 10.9 Å². The highest BCUT2D eigenvalue weighted by Gasteiger charge is 2.30. The number of pyridine rings is 1. The van der Waals surface area contributed by atoms with Gasteiger partial charge < -0.3 is 15.4 Å². The number of anilines is 1. The molecule has 1 amide bonds. The number of carbonyl (C=O) groups is 1. The first-order chi connectivity index (χ1) is 10.1. The maximum absolute atomic E-state index is 12.5. The van der Waals surface area contributed by atoms with E-state index in [-0.39, 0.29) is 5.82 Å². The van der Waals surface area contributed by atoms with Crippen LogP contribution < -0.4 is 10.6 Å². The topological polar surface area (TPSA) is 63.2 Å². The number of hydrogen-bond acceptors (Lipinski definition) is 4. The van der Waals surface area contributed by atoms with Gasteiger partial charge in [0.2, 0.25) is 0 Å². The number of amides is 1. The third-order valence-corrected chi connectivity index (χ3v) is 2.42. The van der Waals surface area contributed by atoms with E-state index in [2.05, 4.69) is 15.6 Å². The number of alkyl carbamates (subject to hydrolysis) is 1. The highest BCUT2D eigenvalue weighted by Crippen LogP contribution is 2.29. The van der Waals surface area contributed by atoms with Crippen LogP contribution in [0.4, 0.5) is 23.8 Å². The third kappa shape index (κ3) is 7.14. The molecule has 0 aliphatic heterocycles. The predicted octanol–water partition coefficient (Wildman–Crippen LogP) is 3.43. The molecule has 0 aromatic carbocycles. The summed E-state index contributed by atoms with van der Waals surface area (Å²) >= 11 is 0. The number of alkyl halides is 3. The highest BCUT2D eigenvalue weighted by molar-refractivity contribution is 5.67. The van der Waals surface area contributed by atoms with E-state index in [0.717, 1.165) is 18.3 Å². The molecule has 0 aliphatic carbocycles. The largest absolute Gasteiger partial charge is 0.444 e. The number of nitrogens with zero attached hydrogens (tertiary/aromatic N) is 1. The zero-order chi connectivity index (χ0) is 16.8. The van der Waals surface area contributed by atoms with Crippen LogP contribution in [-0.4, -0.2) is 29.8 Å². The maximum atomic E-state index is 12.5. The van der Waals surface area contributed by atoms with Crippen molar-refractivity contribution in [2.24, 2.45) is 0 Å². The Morgan fingerprint density at radius 2 is 1.95 bits per heavy atom. The molecule has 0 spiro atoms. The van der Waals surface area contributed by atoms with Gasteiger partial charge in [-0.15, -0.1) is 0 Å². The van der Waals surface area contributed by atoms with Crippen LogP contribution in [0.2, 0.25) is 0 Å². The predicted molar refractivity (Wildman–Crippen MR) is 76.6 cm³/mol. The van der Waals surface area contributed by atoms with Gasteiger partial charge in [-0.25, -0.2) is 9.78 Å². The molecule has 0 aliphatic rings. The number of halogens is 3. The summed E-state index contributed by atoms with van der Waals surface area (Å²) in [5.41, 5.74) is -1.32. The molecule has 0 unspecified atom stereocenters. The minimum atomic E-state index is -4.39. The van der Waals surface area contributed by atoms with Crippen LogP contribution in [0.5, 0.6) is 0 Å². The molecule has 0 bridgehead atoms. The summed E-state index contributed by atoms with van der Waals surface area (Å²) in [5, 5.41) is 5.34. The summed E-state index contributed by atoms with van der Waals surface area (Å²) in [4.78, 5) is 15.2. The Kier molecular flexibility index (Phi) is 6.01. The van der Waals surface area contributed by atoms with Crippen LogP contribution in [0.3, 0.4) is 0 Å². The average Bonchev–Trinajstić information content (AvgIpc) is 2.35. The van der Waals surface area contributed by atoms with E-state index in [9.17, 15) is 18.0 Å². The number of rotatable bonds is 5. The quantitative estimate of drug-likeness (QED) is 0.816. The van der Waals surface area contributed by atoms with Gasteiger partial charge in [0.1, 0.15) is 11.4 Å². The van der Waals surface area contributed by atoms with Crippen LogP contribution in [0.1, 0.15) is 32.8 Å². The van der Waals surface area contributed by atoms with Crippen molar-refractivity contribution in [3.63, 3.8) is 0 Å². The molecule has 1 aromatic rings. The highest BCUT2D eigenvalue weighted by atomic mass is 19.4. The van der Waals surface area contributed by atoms with Crippen LogP contribution in [0, 0.1) is 0 Å². The van der Waals surface area contributed by atoms with Crippen molar-refractivity contribution in [3.05, 3.63) is 23.9 Å². The van der Waals surface area contributed by atoms with Gasteiger partial charge in [0.15, 0.2) is 0 Å². The Morgan fingerprint density at radius 3 is 2.55 bits per heavy atom. The fourth-order valence-electron chi connectivity index (χ4n) is 1.51. The second-order valence-corrected chi connectivity index (χ2v) is 5.64. The van der Waals surface area contributed by atoms with E-state index >= 15 is 0 Å². The molecule has 2 N–H and O–H groups in total. The first-order valence-corrected chi connectivity index (χ1v) is 6.82. The smallest absolute Gasteiger partial charge is 0.416 e.